The van der Waals surface area contributed by atoms with E-state index in [9.17, 15) is 0 Å². The van der Waals surface area contributed by atoms with E-state index in [0.717, 1.165) is 0 Å². The van der Waals surface area contributed by atoms with Gasteiger partial charge in [0.15, 0.2) is 0 Å². The molecule has 0 saturated carbocycles. The average Bonchev–Trinajstić information content (AvgIpc) is 2.38. The highest BCUT2D eigenvalue weighted by Gasteiger charge is 2.48. The molecule has 0 aliphatic heterocycles. The number of allylic oxidation sites excluding steroid dienone is 1. The SMILES string of the molecule is C=C(C)[Si](OC(C)OCC)(OC(C)OCC)OC(C)OCC. The van der Waals surface area contributed by atoms with Crippen LogP contribution in [0.2, 0.25) is 0 Å². The van der Waals surface area contributed by atoms with E-state index in [4.69, 9.17) is 27.5 Å². The molecule has 0 amide bonds. The van der Waals surface area contributed by atoms with Gasteiger partial charge in [-0.1, -0.05) is 6.58 Å². The molecule has 0 aliphatic carbocycles. The van der Waals surface area contributed by atoms with E-state index in [1.807, 2.05) is 27.7 Å². The summed E-state index contributed by atoms with van der Waals surface area (Å²) in [6, 6.07) is 0. The van der Waals surface area contributed by atoms with Crippen LogP contribution < -0.4 is 0 Å². The topological polar surface area (TPSA) is 55.4 Å². The third kappa shape index (κ3) is 7.82. The first-order valence-electron chi connectivity index (χ1n) is 7.85. The lowest BCUT2D eigenvalue weighted by atomic mass is 10.7. The van der Waals surface area contributed by atoms with Crippen LogP contribution in [-0.2, 0) is 27.5 Å². The second kappa shape index (κ2) is 11.3. The zero-order valence-electron chi connectivity index (χ0n) is 15.0. The molecule has 0 radical (unpaired) electrons. The predicted molar refractivity (Wildman–Crippen MR) is 87.1 cm³/mol. The summed E-state index contributed by atoms with van der Waals surface area (Å²) in [6.45, 7) is 18.5. The molecular weight excluding hydrogens is 304 g/mol. The average molecular weight is 337 g/mol. The van der Waals surface area contributed by atoms with Gasteiger partial charge in [0.1, 0.15) is 18.9 Å². The highest BCUT2D eigenvalue weighted by Crippen LogP contribution is 2.25. The van der Waals surface area contributed by atoms with Gasteiger partial charge in [0, 0.05) is 19.8 Å². The van der Waals surface area contributed by atoms with Crippen LogP contribution in [-0.4, -0.2) is 47.5 Å². The molecule has 0 spiro atoms. The Labute approximate surface area is 136 Å². The van der Waals surface area contributed by atoms with Gasteiger partial charge in [0.25, 0.3) is 0 Å². The summed E-state index contributed by atoms with van der Waals surface area (Å²) in [5.74, 6) is 0. The number of hydrogen-bond acceptors (Lipinski definition) is 6. The minimum atomic E-state index is -3.24. The monoisotopic (exact) mass is 336 g/mol. The Morgan fingerprint density at radius 1 is 0.773 bits per heavy atom. The van der Waals surface area contributed by atoms with Gasteiger partial charge < -0.3 is 27.5 Å². The molecule has 0 aliphatic rings. The van der Waals surface area contributed by atoms with Crippen molar-refractivity contribution in [2.75, 3.05) is 19.8 Å². The van der Waals surface area contributed by atoms with Gasteiger partial charge in [0.2, 0.25) is 0 Å². The second-order valence-electron chi connectivity index (χ2n) is 4.76. The summed E-state index contributed by atoms with van der Waals surface area (Å²) in [4.78, 5) is 0. The predicted octanol–water partition coefficient (Wildman–Crippen LogP) is 3.24. The molecule has 132 valence electrons. The largest absolute Gasteiger partial charge is 0.537 e. The normalized spacial score (nSPS) is 18.5. The first-order valence-corrected chi connectivity index (χ1v) is 9.57. The molecular formula is C15H32O6Si. The van der Waals surface area contributed by atoms with Gasteiger partial charge >= 0.3 is 8.80 Å². The Morgan fingerprint density at radius 3 is 1.23 bits per heavy atom. The van der Waals surface area contributed by atoms with Crippen LogP contribution in [0.4, 0.5) is 0 Å². The van der Waals surface area contributed by atoms with E-state index in [1.165, 1.54) is 0 Å². The molecule has 0 rings (SSSR count). The fourth-order valence-electron chi connectivity index (χ4n) is 1.85. The quantitative estimate of drug-likeness (QED) is 0.380. The van der Waals surface area contributed by atoms with Crippen molar-refractivity contribution in [3.8, 4) is 0 Å². The molecule has 0 fully saturated rings. The van der Waals surface area contributed by atoms with Crippen molar-refractivity contribution in [3.05, 3.63) is 11.8 Å². The number of ether oxygens (including phenoxy) is 3. The van der Waals surface area contributed by atoms with Gasteiger partial charge in [-0.15, -0.1) is 0 Å². The number of rotatable bonds is 13. The molecule has 6 nitrogen and oxygen atoms in total. The molecule has 0 heterocycles. The third-order valence-electron chi connectivity index (χ3n) is 2.69. The second-order valence-corrected chi connectivity index (χ2v) is 7.43. The molecule has 0 N–H and O–H groups in total. The van der Waals surface area contributed by atoms with Gasteiger partial charge in [0.05, 0.1) is 0 Å². The maximum Gasteiger partial charge on any atom is 0.537 e. The Kier molecular flexibility index (Phi) is 11.1. The minimum Gasteiger partial charge on any atom is -0.354 e. The summed E-state index contributed by atoms with van der Waals surface area (Å²) in [5, 5.41) is 0.678. The van der Waals surface area contributed by atoms with Gasteiger partial charge in [-0.2, -0.15) is 0 Å². The Balaban J connectivity index is 5.20. The van der Waals surface area contributed by atoms with Crippen molar-refractivity contribution in [2.24, 2.45) is 0 Å². The highest BCUT2D eigenvalue weighted by molar-refractivity contribution is 6.68. The van der Waals surface area contributed by atoms with E-state index < -0.39 is 27.7 Å². The summed E-state index contributed by atoms with van der Waals surface area (Å²) in [7, 11) is -3.24. The van der Waals surface area contributed by atoms with Crippen LogP contribution in [0, 0.1) is 0 Å². The lowest BCUT2D eigenvalue weighted by Gasteiger charge is -2.35. The number of hydrogen-bond donors (Lipinski definition) is 0. The Hall–Kier alpha value is -0.283. The molecule has 3 unspecified atom stereocenters. The molecule has 0 aromatic carbocycles. The Bertz CT molecular complexity index is 276. The fourth-order valence-corrected chi connectivity index (χ4v) is 4.13. The molecule has 0 aromatic heterocycles. The zero-order chi connectivity index (χ0) is 17.2. The van der Waals surface area contributed by atoms with Gasteiger partial charge in [-0.25, -0.2) is 0 Å². The summed E-state index contributed by atoms with van der Waals surface area (Å²) in [6.07, 6.45) is -1.43. The van der Waals surface area contributed by atoms with Crippen molar-refractivity contribution in [3.63, 3.8) is 0 Å². The third-order valence-corrected chi connectivity index (χ3v) is 5.66. The van der Waals surface area contributed by atoms with Crippen LogP contribution in [0.3, 0.4) is 0 Å². The van der Waals surface area contributed by atoms with Crippen molar-refractivity contribution in [1.82, 2.24) is 0 Å². The van der Waals surface area contributed by atoms with E-state index in [-0.39, 0.29) is 0 Å². The molecule has 0 aromatic rings. The van der Waals surface area contributed by atoms with Crippen LogP contribution in [0.15, 0.2) is 11.8 Å². The standard InChI is InChI=1S/C15H32O6Si/c1-9-16-13(6)19-22(12(4)5,20-14(7)17-10-2)21-15(8)18-11-3/h13-15H,4,9-11H2,1-3,5-8H3. The van der Waals surface area contributed by atoms with Crippen LogP contribution in [0.25, 0.3) is 0 Å². The lowest BCUT2D eigenvalue weighted by Crippen LogP contribution is -2.54. The van der Waals surface area contributed by atoms with Crippen LogP contribution in [0.5, 0.6) is 0 Å². The molecule has 0 saturated heterocycles. The van der Waals surface area contributed by atoms with E-state index >= 15 is 0 Å². The maximum absolute atomic E-state index is 5.99. The van der Waals surface area contributed by atoms with E-state index in [2.05, 4.69) is 6.58 Å². The Morgan fingerprint density at radius 2 is 1.05 bits per heavy atom. The molecule has 7 heteroatoms. The molecule has 22 heavy (non-hydrogen) atoms. The first kappa shape index (κ1) is 21.7. The van der Waals surface area contributed by atoms with Gasteiger partial charge in [-0.3, -0.25) is 0 Å². The molecule has 3 atom stereocenters. The summed E-state index contributed by atoms with van der Waals surface area (Å²) in [5.41, 5.74) is 0. The van der Waals surface area contributed by atoms with Crippen molar-refractivity contribution >= 4 is 8.80 Å². The summed E-state index contributed by atoms with van der Waals surface area (Å²) >= 11 is 0. The first-order chi connectivity index (χ1) is 10.3. The molecule has 0 bridgehead atoms. The van der Waals surface area contributed by atoms with E-state index in [0.29, 0.717) is 25.0 Å². The van der Waals surface area contributed by atoms with Crippen LogP contribution >= 0.6 is 0 Å². The minimum absolute atomic E-state index is 0.476. The van der Waals surface area contributed by atoms with Crippen molar-refractivity contribution < 1.29 is 27.5 Å². The smallest absolute Gasteiger partial charge is 0.354 e. The maximum atomic E-state index is 5.99. The van der Waals surface area contributed by atoms with Crippen molar-refractivity contribution in [2.45, 2.75) is 67.3 Å². The van der Waals surface area contributed by atoms with E-state index in [1.54, 1.807) is 20.8 Å². The fraction of sp³-hybridized carbons (Fsp3) is 0.867. The lowest BCUT2D eigenvalue weighted by molar-refractivity contribution is -0.172. The van der Waals surface area contributed by atoms with Crippen molar-refractivity contribution in [1.29, 1.82) is 0 Å². The summed E-state index contributed by atoms with van der Waals surface area (Å²) < 4.78 is 34.3. The van der Waals surface area contributed by atoms with Crippen LogP contribution in [0.1, 0.15) is 48.5 Å². The zero-order valence-corrected chi connectivity index (χ0v) is 16.0. The highest BCUT2D eigenvalue weighted by atomic mass is 28.4. The van der Waals surface area contributed by atoms with Gasteiger partial charge in [-0.05, 0) is 53.7 Å².